The third kappa shape index (κ3) is 6.07. The summed E-state index contributed by atoms with van der Waals surface area (Å²) in [5.41, 5.74) is 0. The van der Waals surface area contributed by atoms with E-state index in [9.17, 15) is 5.11 Å². The van der Waals surface area contributed by atoms with E-state index in [0.29, 0.717) is 0 Å². The summed E-state index contributed by atoms with van der Waals surface area (Å²) in [5.74, 6) is 7.62. The third-order valence-electron chi connectivity index (χ3n) is 2.26. The van der Waals surface area contributed by atoms with Gasteiger partial charge in [-0.2, -0.15) is 0 Å². The SMILES string of the molecule is CC(C)CCC[CH](O)[Ge]([CH3])([CH3])[CH3]. The van der Waals surface area contributed by atoms with Crippen molar-refractivity contribution in [3.05, 3.63) is 0 Å². The number of rotatable bonds is 5. The molecular formula is C10H24GeO. The van der Waals surface area contributed by atoms with Crippen molar-refractivity contribution in [1.82, 2.24) is 0 Å². The van der Waals surface area contributed by atoms with E-state index >= 15 is 0 Å². The molecule has 0 spiro atoms. The Labute approximate surface area is 79.9 Å². The van der Waals surface area contributed by atoms with Crippen LogP contribution in [0.4, 0.5) is 0 Å². The first-order chi connectivity index (χ1) is 5.34. The molecule has 12 heavy (non-hydrogen) atoms. The van der Waals surface area contributed by atoms with Gasteiger partial charge in [0, 0.05) is 0 Å². The molecule has 0 aliphatic rings. The molecular weight excluding hydrogens is 209 g/mol. The monoisotopic (exact) mass is 234 g/mol. The van der Waals surface area contributed by atoms with Gasteiger partial charge in [0.1, 0.15) is 0 Å². The molecule has 0 saturated carbocycles. The topological polar surface area (TPSA) is 20.2 Å². The van der Waals surface area contributed by atoms with Crippen molar-refractivity contribution in [2.24, 2.45) is 5.92 Å². The second kappa shape index (κ2) is 5.28. The van der Waals surface area contributed by atoms with Crippen LogP contribution in [0.1, 0.15) is 33.1 Å². The molecule has 1 atom stereocenters. The molecule has 0 aliphatic carbocycles. The first-order valence-corrected chi connectivity index (χ1v) is 12.5. The Morgan fingerprint density at radius 3 is 1.92 bits per heavy atom. The van der Waals surface area contributed by atoms with Gasteiger partial charge < -0.3 is 0 Å². The molecule has 0 rings (SSSR count). The summed E-state index contributed by atoms with van der Waals surface area (Å²) in [5, 5.41) is 9.78. The second-order valence-corrected chi connectivity index (χ2v) is 16.5. The molecule has 0 radical (unpaired) electrons. The minimum absolute atomic E-state index is 0.0451. The van der Waals surface area contributed by atoms with Gasteiger partial charge >= 0.3 is 79.6 Å². The van der Waals surface area contributed by atoms with Crippen molar-refractivity contribution < 1.29 is 5.11 Å². The van der Waals surface area contributed by atoms with Gasteiger partial charge in [-0.25, -0.2) is 0 Å². The maximum absolute atomic E-state index is 9.78. The van der Waals surface area contributed by atoms with E-state index in [1.807, 2.05) is 0 Å². The van der Waals surface area contributed by atoms with Crippen LogP contribution in [-0.4, -0.2) is 23.3 Å². The molecule has 1 unspecified atom stereocenters. The van der Waals surface area contributed by atoms with Crippen LogP contribution < -0.4 is 0 Å². The summed E-state index contributed by atoms with van der Waals surface area (Å²) >= 11 is -1.74. The first kappa shape index (κ1) is 12.5. The average molecular weight is 233 g/mol. The maximum atomic E-state index is 9.78. The van der Waals surface area contributed by atoms with Crippen molar-refractivity contribution in [3.63, 3.8) is 0 Å². The van der Waals surface area contributed by atoms with Crippen LogP contribution in [0.3, 0.4) is 0 Å². The van der Waals surface area contributed by atoms with Crippen molar-refractivity contribution in [3.8, 4) is 0 Å². The van der Waals surface area contributed by atoms with Crippen LogP contribution in [0.5, 0.6) is 0 Å². The van der Waals surface area contributed by atoms with E-state index in [-0.39, 0.29) is 4.94 Å². The Morgan fingerprint density at radius 2 is 1.58 bits per heavy atom. The van der Waals surface area contributed by atoms with Gasteiger partial charge in [0.2, 0.25) is 0 Å². The standard InChI is InChI=1S/C10H24GeO/c1-9(2)7-6-8-10(12)11(3,4)5/h9-10,12H,6-8H2,1-5H3. The van der Waals surface area contributed by atoms with Crippen molar-refractivity contribution in [2.75, 3.05) is 0 Å². The minimum atomic E-state index is -1.74. The van der Waals surface area contributed by atoms with Gasteiger partial charge in [-0.15, -0.1) is 0 Å². The quantitative estimate of drug-likeness (QED) is 0.723. The van der Waals surface area contributed by atoms with Crippen molar-refractivity contribution in [1.29, 1.82) is 0 Å². The Morgan fingerprint density at radius 1 is 1.08 bits per heavy atom. The van der Waals surface area contributed by atoms with Crippen LogP contribution in [0.2, 0.25) is 17.3 Å². The zero-order valence-corrected chi connectivity index (χ0v) is 11.3. The van der Waals surface area contributed by atoms with Gasteiger partial charge in [-0.3, -0.25) is 0 Å². The molecule has 1 N–H and O–H groups in total. The first-order valence-electron chi connectivity index (χ1n) is 5.02. The molecule has 0 aromatic carbocycles. The predicted octanol–water partition coefficient (Wildman–Crippen LogP) is 3.05. The predicted molar refractivity (Wildman–Crippen MR) is 58.0 cm³/mol. The molecule has 0 bridgehead atoms. The average Bonchev–Trinajstić information content (AvgIpc) is 1.84. The molecule has 2 heteroatoms. The zero-order chi connectivity index (χ0) is 9.78. The fourth-order valence-electron chi connectivity index (χ4n) is 1.15. The molecule has 1 nitrogen and oxygen atoms in total. The van der Waals surface area contributed by atoms with E-state index in [2.05, 4.69) is 31.1 Å². The summed E-state index contributed by atoms with van der Waals surface area (Å²) < 4.78 is 0. The van der Waals surface area contributed by atoms with Crippen molar-refractivity contribution in [2.45, 2.75) is 55.3 Å². The second-order valence-electron chi connectivity index (χ2n) is 5.21. The number of aliphatic hydroxyl groups is 1. The number of hydrogen-bond acceptors (Lipinski definition) is 1. The van der Waals surface area contributed by atoms with Gasteiger partial charge in [0.15, 0.2) is 0 Å². The number of hydrogen-bond donors (Lipinski definition) is 1. The third-order valence-corrected chi connectivity index (χ3v) is 7.06. The van der Waals surface area contributed by atoms with Crippen LogP contribution >= 0.6 is 0 Å². The Balaban J connectivity index is 3.51. The van der Waals surface area contributed by atoms with E-state index < -0.39 is 13.3 Å². The summed E-state index contributed by atoms with van der Waals surface area (Å²) in [6.07, 6.45) is 3.48. The molecule has 74 valence electrons. The van der Waals surface area contributed by atoms with Crippen LogP contribution in [-0.2, 0) is 0 Å². The summed E-state index contributed by atoms with van der Waals surface area (Å²) in [6.45, 7) is 4.48. The molecule has 0 aromatic heterocycles. The van der Waals surface area contributed by atoms with E-state index in [1.54, 1.807) is 0 Å². The molecule has 0 saturated heterocycles. The van der Waals surface area contributed by atoms with Gasteiger partial charge in [-0.1, -0.05) is 0 Å². The Bertz CT molecular complexity index is 115. The summed E-state index contributed by atoms with van der Waals surface area (Å²) in [7, 11) is 0. The van der Waals surface area contributed by atoms with Gasteiger partial charge in [-0.05, 0) is 0 Å². The van der Waals surface area contributed by atoms with Crippen LogP contribution in [0.25, 0.3) is 0 Å². The molecule has 0 aromatic rings. The van der Waals surface area contributed by atoms with Crippen molar-refractivity contribution >= 4 is 13.3 Å². The van der Waals surface area contributed by atoms with Gasteiger partial charge in [0.25, 0.3) is 0 Å². The van der Waals surface area contributed by atoms with Crippen LogP contribution in [0, 0.1) is 5.92 Å². The fraction of sp³-hybridized carbons (Fsp3) is 1.00. The Kier molecular flexibility index (Phi) is 5.50. The molecule has 0 amide bonds. The molecule has 0 aliphatic heterocycles. The van der Waals surface area contributed by atoms with E-state index in [0.717, 1.165) is 12.3 Å². The zero-order valence-electron chi connectivity index (χ0n) is 9.22. The molecule has 0 fully saturated rings. The fourth-order valence-corrected chi connectivity index (χ4v) is 3.40. The number of aliphatic hydroxyl groups excluding tert-OH is 1. The Hall–Kier alpha value is 0.503. The summed E-state index contributed by atoms with van der Waals surface area (Å²) in [6, 6.07) is 0. The van der Waals surface area contributed by atoms with E-state index in [4.69, 9.17) is 0 Å². The van der Waals surface area contributed by atoms with Crippen LogP contribution in [0.15, 0.2) is 0 Å². The van der Waals surface area contributed by atoms with E-state index in [1.165, 1.54) is 12.8 Å². The summed E-state index contributed by atoms with van der Waals surface area (Å²) in [4.78, 5) is 0.0451. The normalized spacial score (nSPS) is 15.2. The van der Waals surface area contributed by atoms with Gasteiger partial charge in [0.05, 0.1) is 0 Å². The molecule has 0 heterocycles.